The van der Waals surface area contributed by atoms with E-state index in [9.17, 15) is 53.4 Å². The van der Waals surface area contributed by atoms with Crippen LogP contribution in [0.4, 0.5) is 4.79 Å². The Morgan fingerprint density at radius 1 is 0.645 bits per heavy atom. The van der Waals surface area contributed by atoms with Crippen molar-refractivity contribution in [3.63, 3.8) is 0 Å². The van der Waals surface area contributed by atoms with Crippen molar-refractivity contribution in [2.45, 2.75) is 119 Å². The quantitative estimate of drug-likeness (QED) is 0.0202. The number of hydrazine groups is 1. The number of carboxylic acid groups (broad SMARTS) is 1. The number of amides is 9. The molecule has 0 saturated carbocycles. The number of likely N-dealkylation sites (tertiary alicyclic amines) is 3. The van der Waals surface area contributed by atoms with E-state index in [-0.39, 0.29) is 63.8 Å². The van der Waals surface area contributed by atoms with Gasteiger partial charge in [0.25, 0.3) is 5.91 Å². The normalized spacial score (nSPS) is 18.5. The Morgan fingerprint density at radius 2 is 1.18 bits per heavy atom. The van der Waals surface area contributed by atoms with Crippen LogP contribution < -0.4 is 54.5 Å². The van der Waals surface area contributed by atoms with Gasteiger partial charge in [-0.3, -0.25) is 49.8 Å². The van der Waals surface area contributed by atoms with Gasteiger partial charge in [-0.2, -0.15) is 0 Å². The molecule has 0 bridgehead atoms. The molecule has 414 valence electrons. The van der Waals surface area contributed by atoms with Crippen LogP contribution in [0.3, 0.4) is 0 Å². The highest BCUT2D eigenvalue weighted by Crippen LogP contribution is 2.26. The van der Waals surface area contributed by atoms with E-state index >= 15 is 0 Å². The highest BCUT2D eigenvalue weighted by atomic mass is 16.4. The molecule has 3 aliphatic heterocycles. The number of rotatable bonds is 25. The number of urea groups is 1. The number of aliphatic carboxylic acids is 1. The summed E-state index contributed by atoms with van der Waals surface area (Å²) < 4.78 is 0. The first kappa shape index (κ1) is 58.8. The molecule has 0 spiro atoms. The molecule has 1 unspecified atom stereocenters. The first-order chi connectivity index (χ1) is 36.4. The predicted molar refractivity (Wildman–Crippen MR) is 275 cm³/mol. The van der Waals surface area contributed by atoms with E-state index in [1.807, 2.05) is 0 Å². The number of carbonyl (C=O) groups excluding carboxylic acids is 8. The molecule has 0 aromatic heterocycles. The molecule has 0 aliphatic carbocycles. The van der Waals surface area contributed by atoms with Crippen LogP contribution in [0.15, 0.2) is 60.7 Å². The van der Waals surface area contributed by atoms with Crippen molar-refractivity contribution < 1.29 is 53.4 Å². The molecule has 2 aromatic carbocycles. The van der Waals surface area contributed by atoms with Gasteiger partial charge >= 0.3 is 12.0 Å². The van der Waals surface area contributed by atoms with Gasteiger partial charge in [-0.15, -0.1) is 0 Å². The number of benzene rings is 2. The second-order valence-electron chi connectivity index (χ2n) is 18.8. The summed E-state index contributed by atoms with van der Waals surface area (Å²) >= 11 is 0. The van der Waals surface area contributed by atoms with Crippen molar-refractivity contribution in [1.29, 1.82) is 10.8 Å². The van der Waals surface area contributed by atoms with E-state index in [0.717, 1.165) is 9.91 Å². The fourth-order valence-corrected chi connectivity index (χ4v) is 9.36. The zero-order valence-corrected chi connectivity index (χ0v) is 42.3. The number of carbonyl (C=O) groups is 9. The lowest BCUT2D eigenvalue weighted by Crippen LogP contribution is -2.60. The summed E-state index contributed by atoms with van der Waals surface area (Å²) in [4.78, 5) is 126. The maximum atomic E-state index is 14.1. The van der Waals surface area contributed by atoms with Gasteiger partial charge in [0.1, 0.15) is 36.3 Å². The Labute approximate surface area is 439 Å². The monoisotopic (exact) mass is 1060 g/mol. The third-order valence-electron chi connectivity index (χ3n) is 13.2. The van der Waals surface area contributed by atoms with Gasteiger partial charge in [-0.05, 0) is 75.3 Å². The van der Waals surface area contributed by atoms with E-state index in [1.165, 1.54) is 9.80 Å². The number of carboxylic acids is 1. The highest BCUT2D eigenvalue weighted by molar-refractivity contribution is 5.97. The van der Waals surface area contributed by atoms with Gasteiger partial charge < -0.3 is 74.0 Å². The average Bonchev–Trinajstić information content (AvgIpc) is 4.22. The first-order valence-corrected chi connectivity index (χ1v) is 25.4. The summed E-state index contributed by atoms with van der Waals surface area (Å²) in [7, 11) is 0. The summed E-state index contributed by atoms with van der Waals surface area (Å²) in [5.74, 6) is -6.56. The van der Waals surface area contributed by atoms with Crippen molar-refractivity contribution in [2.75, 3.05) is 45.9 Å². The fourth-order valence-electron chi connectivity index (χ4n) is 9.36. The van der Waals surface area contributed by atoms with Gasteiger partial charge in [0.2, 0.25) is 35.4 Å². The van der Waals surface area contributed by atoms with Crippen LogP contribution in [0.2, 0.25) is 0 Å². The molecule has 9 amide bonds. The smallest absolute Gasteiger partial charge is 0.337 e. The molecule has 3 heterocycles. The van der Waals surface area contributed by atoms with Crippen LogP contribution in [0.25, 0.3) is 0 Å². The molecule has 5 rings (SSSR count). The molecular weight excluding hydrogens is 989 g/mol. The van der Waals surface area contributed by atoms with Crippen molar-refractivity contribution >= 4 is 65.3 Å². The SMILES string of the molecule is N=C(N)NCCC[C@H](N)C(=O)N1CCCC1C(=O)N1CCC[C@H]1C(=O)NCC(=O)N[C@@H](Cc1ccccc1)C(=O)N[C@@H](CO)C(=O)N1CCC[C@H]1C(=O)NN(Cc1ccccc1)C(=O)N[C@H](CCCNC(=N)N)C(=O)O. The van der Waals surface area contributed by atoms with Gasteiger partial charge in [0, 0.05) is 39.1 Å². The zero-order valence-electron chi connectivity index (χ0n) is 42.3. The van der Waals surface area contributed by atoms with E-state index in [4.69, 9.17) is 28.0 Å². The van der Waals surface area contributed by atoms with Gasteiger partial charge in [0.05, 0.1) is 25.7 Å². The zero-order chi connectivity index (χ0) is 55.3. The summed E-state index contributed by atoms with van der Waals surface area (Å²) in [6, 6.07) is 8.00. The Hall–Kier alpha value is -8.07. The number of nitrogens with two attached hydrogens (primary N) is 3. The summed E-state index contributed by atoms with van der Waals surface area (Å²) in [6.45, 7) is -0.581. The Morgan fingerprint density at radius 3 is 1.76 bits per heavy atom. The maximum absolute atomic E-state index is 14.1. The van der Waals surface area contributed by atoms with Crippen LogP contribution in [0.1, 0.15) is 75.3 Å². The van der Waals surface area contributed by atoms with Crippen LogP contribution in [0.5, 0.6) is 0 Å². The van der Waals surface area contributed by atoms with Crippen molar-refractivity contribution in [2.24, 2.45) is 17.2 Å². The minimum atomic E-state index is -1.60. The molecule has 17 N–H and O–H groups in total. The molecule has 7 atom stereocenters. The summed E-state index contributed by atoms with van der Waals surface area (Å²) in [6.07, 6.45) is 3.07. The number of hydrogen-bond donors (Lipinski definition) is 14. The standard InChI is InChI=1S/C49H72N16O11/c50-32(16-7-21-55-47(51)52)43(71)64-25-11-20-38(64)45(73)63-24-9-18-36(63)41(69)57-27-39(67)58-34(26-30-12-3-1-4-13-30)40(68)59-35(29-66)44(72)62-23-10-19-37(62)42(70)61-65(28-31-14-5-2-6-15-31)49(76)60-33(46(74)75)17-8-22-56-48(53)54/h1-6,12-15,32-38,66H,7-11,16-29,50H2,(H,57,69)(H,58,67)(H,59,68)(H,60,76)(H,61,70)(H,74,75)(H4,51,52,55)(H4,53,54,56)/t32-,33+,34-,35-,36-,37-,38?/m0/s1. The van der Waals surface area contributed by atoms with E-state index < -0.39 is 109 Å². The molecule has 3 fully saturated rings. The third kappa shape index (κ3) is 17.3. The summed E-state index contributed by atoms with van der Waals surface area (Å²) in [5.41, 5.74) is 20.5. The van der Waals surface area contributed by atoms with Crippen LogP contribution in [-0.2, 0) is 51.3 Å². The van der Waals surface area contributed by atoms with Crippen LogP contribution in [0, 0.1) is 10.8 Å². The molecule has 0 radical (unpaired) electrons. The number of nitrogens with one attached hydrogen (secondary N) is 9. The Balaban J connectivity index is 1.20. The van der Waals surface area contributed by atoms with Gasteiger partial charge in [-0.25, -0.2) is 14.6 Å². The third-order valence-corrected chi connectivity index (χ3v) is 13.2. The second-order valence-corrected chi connectivity index (χ2v) is 18.8. The Bertz CT molecular complexity index is 2380. The lowest BCUT2D eigenvalue weighted by atomic mass is 10.0. The number of aliphatic hydroxyl groups is 1. The van der Waals surface area contributed by atoms with Crippen LogP contribution >= 0.6 is 0 Å². The molecule has 3 saturated heterocycles. The molecule has 2 aromatic rings. The topological polar surface area (TPSA) is 417 Å². The molecule has 27 nitrogen and oxygen atoms in total. The minimum absolute atomic E-state index is 0.0325. The van der Waals surface area contributed by atoms with Crippen molar-refractivity contribution in [3.05, 3.63) is 71.8 Å². The average molecular weight is 1060 g/mol. The largest absolute Gasteiger partial charge is 0.480 e. The lowest BCUT2D eigenvalue weighted by Gasteiger charge is -2.32. The first-order valence-electron chi connectivity index (χ1n) is 25.4. The molecular formula is C49H72N16O11. The second kappa shape index (κ2) is 29.1. The Kier molecular flexibility index (Phi) is 22.5. The molecule has 76 heavy (non-hydrogen) atoms. The van der Waals surface area contributed by atoms with E-state index in [0.29, 0.717) is 69.2 Å². The van der Waals surface area contributed by atoms with E-state index in [2.05, 4.69) is 37.3 Å². The number of nitrogens with zero attached hydrogens (tertiary/aromatic N) is 4. The summed E-state index contributed by atoms with van der Waals surface area (Å²) in [5, 5.41) is 51.2. The minimum Gasteiger partial charge on any atom is -0.480 e. The number of guanidine groups is 2. The highest BCUT2D eigenvalue weighted by Gasteiger charge is 2.44. The van der Waals surface area contributed by atoms with Crippen molar-refractivity contribution in [1.82, 2.24) is 57.0 Å². The van der Waals surface area contributed by atoms with Crippen LogP contribution in [-0.4, -0.2) is 183 Å². The van der Waals surface area contributed by atoms with Gasteiger partial charge in [0.15, 0.2) is 11.9 Å². The van der Waals surface area contributed by atoms with Crippen molar-refractivity contribution in [3.8, 4) is 0 Å². The molecule has 3 aliphatic rings. The van der Waals surface area contributed by atoms with Gasteiger partial charge in [-0.1, -0.05) is 60.7 Å². The lowest BCUT2D eigenvalue weighted by molar-refractivity contribution is -0.147. The molecule has 27 heteroatoms. The number of hydrogen-bond acceptors (Lipinski definition) is 13. The fraction of sp³-hybridized carbons (Fsp3) is 0.531. The van der Waals surface area contributed by atoms with E-state index in [1.54, 1.807) is 60.7 Å². The number of aliphatic hydroxyl groups excluding tert-OH is 1. The predicted octanol–water partition coefficient (Wildman–Crippen LogP) is -3.17. The maximum Gasteiger partial charge on any atom is 0.337 e.